The molecule has 0 saturated carbocycles. The van der Waals surface area contributed by atoms with E-state index in [1.807, 2.05) is 31.3 Å². The molecule has 0 amide bonds. The van der Waals surface area contributed by atoms with Gasteiger partial charge in [0.15, 0.2) is 0 Å². The predicted octanol–water partition coefficient (Wildman–Crippen LogP) is 4.84. The van der Waals surface area contributed by atoms with Gasteiger partial charge in [-0.2, -0.15) is 0 Å². The van der Waals surface area contributed by atoms with Gasteiger partial charge in [0.25, 0.3) is 0 Å². The van der Waals surface area contributed by atoms with Gasteiger partial charge in [0.2, 0.25) is 0 Å². The molecule has 1 N–H and O–H groups in total. The van der Waals surface area contributed by atoms with Crippen molar-refractivity contribution in [3.63, 3.8) is 0 Å². The number of benzene rings is 2. The van der Waals surface area contributed by atoms with E-state index in [1.54, 1.807) is 0 Å². The maximum absolute atomic E-state index is 6.26. The highest BCUT2D eigenvalue weighted by atomic mass is 127. The first kappa shape index (κ1) is 15.4. The largest absolute Gasteiger partial charge is 0.493 e. The van der Waals surface area contributed by atoms with E-state index in [1.165, 1.54) is 5.56 Å². The van der Waals surface area contributed by atoms with Crippen LogP contribution in [0.3, 0.4) is 0 Å². The molecule has 0 aliphatic carbocycles. The molecule has 1 heterocycles. The standard InChI is InChI=1S/C16H14Cl2INO/c1-20-15(9-2-3-14(19)13(18)7-9)12-8-11(17)6-10-4-5-21-16(10)12/h2-3,6-8,15,20H,4-5H2,1H3. The molecule has 0 bridgehead atoms. The molecular weight excluding hydrogens is 420 g/mol. The molecule has 110 valence electrons. The predicted molar refractivity (Wildman–Crippen MR) is 95.7 cm³/mol. The molecule has 2 aromatic rings. The number of hydrogen-bond acceptors (Lipinski definition) is 2. The summed E-state index contributed by atoms with van der Waals surface area (Å²) in [5.74, 6) is 0.952. The van der Waals surface area contributed by atoms with E-state index in [0.717, 1.165) is 36.9 Å². The van der Waals surface area contributed by atoms with Crippen molar-refractivity contribution in [2.75, 3.05) is 13.7 Å². The first-order valence-electron chi connectivity index (χ1n) is 6.67. The van der Waals surface area contributed by atoms with Gasteiger partial charge in [0.1, 0.15) is 5.75 Å². The van der Waals surface area contributed by atoms with Gasteiger partial charge in [-0.15, -0.1) is 0 Å². The van der Waals surface area contributed by atoms with E-state index in [9.17, 15) is 0 Å². The molecule has 0 fully saturated rings. The second kappa shape index (κ2) is 6.32. The lowest BCUT2D eigenvalue weighted by atomic mass is 9.96. The molecule has 5 heteroatoms. The molecule has 1 unspecified atom stereocenters. The lowest BCUT2D eigenvalue weighted by molar-refractivity contribution is 0.351. The van der Waals surface area contributed by atoms with Crippen molar-refractivity contribution in [3.05, 3.63) is 60.6 Å². The van der Waals surface area contributed by atoms with Crippen LogP contribution in [0.25, 0.3) is 0 Å². The molecule has 1 aliphatic heterocycles. The summed E-state index contributed by atoms with van der Waals surface area (Å²) in [6, 6.07) is 10.1. The zero-order valence-corrected chi connectivity index (χ0v) is 15.1. The number of ether oxygens (including phenoxy) is 1. The third-order valence-electron chi connectivity index (χ3n) is 3.65. The molecule has 1 aliphatic rings. The van der Waals surface area contributed by atoms with Crippen LogP contribution in [0.15, 0.2) is 30.3 Å². The van der Waals surface area contributed by atoms with Crippen LogP contribution in [0.1, 0.15) is 22.7 Å². The van der Waals surface area contributed by atoms with E-state index in [4.69, 9.17) is 27.9 Å². The van der Waals surface area contributed by atoms with Crippen molar-refractivity contribution in [2.45, 2.75) is 12.5 Å². The van der Waals surface area contributed by atoms with Crippen molar-refractivity contribution in [1.29, 1.82) is 0 Å². The van der Waals surface area contributed by atoms with Crippen LogP contribution < -0.4 is 10.1 Å². The second-order valence-electron chi connectivity index (χ2n) is 4.98. The minimum absolute atomic E-state index is 0.00468. The summed E-state index contributed by atoms with van der Waals surface area (Å²) in [5, 5.41) is 4.84. The maximum atomic E-state index is 6.26. The maximum Gasteiger partial charge on any atom is 0.127 e. The van der Waals surface area contributed by atoms with Crippen LogP contribution in [0, 0.1) is 3.57 Å². The Bertz CT molecular complexity index is 690. The van der Waals surface area contributed by atoms with Crippen LogP contribution in [-0.4, -0.2) is 13.7 Å². The summed E-state index contributed by atoms with van der Waals surface area (Å²) < 4.78 is 6.85. The summed E-state index contributed by atoms with van der Waals surface area (Å²) in [5.41, 5.74) is 3.34. The minimum atomic E-state index is 0.00468. The van der Waals surface area contributed by atoms with Crippen LogP contribution in [-0.2, 0) is 6.42 Å². The number of rotatable bonds is 3. The van der Waals surface area contributed by atoms with Crippen molar-refractivity contribution in [3.8, 4) is 5.75 Å². The smallest absolute Gasteiger partial charge is 0.127 e. The molecule has 2 nitrogen and oxygen atoms in total. The Labute approximate surface area is 147 Å². The van der Waals surface area contributed by atoms with Gasteiger partial charge in [-0.25, -0.2) is 0 Å². The molecule has 3 rings (SSSR count). The van der Waals surface area contributed by atoms with Gasteiger partial charge in [-0.3, -0.25) is 0 Å². The zero-order chi connectivity index (χ0) is 15.0. The molecular formula is C16H14Cl2INO. The van der Waals surface area contributed by atoms with Crippen molar-refractivity contribution in [2.24, 2.45) is 0 Å². The third kappa shape index (κ3) is 3.02. The fourth-order valence-corrected chi connectivity index (χ4v) is 3.48. The normalized spacial score (nSPS) is 14.7. The van der Waals surface area contributed by atoms with Crippen LogP contribution in [0.4, 0.5) is 0 Å². The molecule has 0 radical (unpaired) electrons. The number of hydrogen-bond donors (Lipinski definition) is 1. The summed E-state index contributed by atoms with van der Waals surface area (Å²) in [6.07, 6.45) is 0.909. The Hall–Kier alpha value is -0.490. The highest BCUT2D eigenvalue weighted by Gasteiger charge is 2.24. The summed E-state index contributed by atoms with van der Waals surface area (Å²) in [6.45, 7) is 0.715. The van der Waals surface area contributed by atoms with E-state index in [0.29, 0.717) is 6.61 Å². The molecule has 0 aromatic heterocycles. The van der Waals surface area contributed by atoms with Gasteiger partial charge in [0, 0.05) is 20.6 Å². The number of fused-ring (bicyclic) bond motifs is 1. The Balaban J connectivity index is 2.10. The monoisotopic (exact) mass is 433 g/mol. The first-order chi connectivity index (χ1) is 10.1. The topological polar surface area (TPSA) is 21.3 Å². The van der Waals surface area contributed by atoms with Crippen LogP contribution >= 0.6 is 45.8 Å². The average Bonchev–Trinajstić information content (AvgIpc) is 2.91. The van der Waals surface area contributed by atoms with E-state index in [2.05, 4.69) is 34.0 Å². The summed E-state index contributed by atoms with van der Waals surface area (Å²) in [4.78, 5) is 0. The first-order valence-corrected chi connectivity index (χ1v) is 8.51. The van der Waals surface area contributed by atoms with Gasteiger partial charge in [-0.05, 0) is 65.0 Å². The van der Waals surface area contributed by atoms with Crippen LogP contribution in [0.5, 0.6) is 5.75 Å². The molecule has 21 heavy (non-hydrogen) atoms. The van der Waals surface area contributed by atoms with E-state index in [-0.39, 0.29) is 6.04 Å². The molecule has 1 atom stereocenters. The fraction of sp³-hybridized carbons (Fsp3) is 0.250. The molecule has 0 saturated heterocycles. The SMILES string of the molecule is CNC(c1ccc(I)c(Cl)c1)c1cc(Cl)cc2c1OCC2. The Morgan fingerprint density at radius 2 is 2.05 bits per heavy atom. The quantitative estimate of drug-likeness (QED) is 0.699. The highest BCUT2D eigenvalue weighted by Crippen LogP contribution is 2.39. The van der Waals surface area contributed by atoms with Gasteiger partial charge in [0.05, 0.1) is 17.7 Å². The van der Waals surface area contributed by atoms with Crippen LogP contribution in [0.2, 0.25) is 10.0 Å². The summed E-state index contributed by atoms with van der Waals surface area (Å²) >= 11 is 14.7. The van der Waals surface area contributed by atoms with Gasteiger partial charge < -0.3 is 10.1 Å². The molecule has 2 aromatic carbocycles. The van der Waals surface area contributed by atoms with Gasteiger partial charge >= 0.3 is 0 Å². The average molecular weight is 434 g/mol. The van der Waals surface area contributed by atoms with E-state index < -0.39 is 0 Å². The minimum Gasteiger partial charge on any atom is -0.493 e. The van der Waals surface area contributed by atoms with Gasteiger partial charge in [-0.1, -0.05) is 29.3 Å². The van der Waals surface area contributed by atoms with Crippen molar-refractivity contribution < 1.29 is 4.74 Å². The second-order valence-corrected chi connectivity index (χ2v) is 6.98. The number of halogens is 3. The third-order valence-corrected chi connectivity index (χ3v) is 5.44. The number of nitrogens with one attached hydrogen (secondary N) is 1. The Morgan fingerprint density at radius 3 is 2.76 bits per heavy atom. The summed E-state index contributed by atoms with van der Waals surface area (Å²) in [7, 11) is 1.93. The zero-order valence-electron chi connectivity index (χ0n) is 11.4. The van der Waals surface area contributed by atoms with Crippen molar-refractivity contribution in [1.82, 2.24) is 5.32 Å². The Kier molecular flexibility index (Phi) is 4.64. The highest BCUT2D eigenvalue weighted by molar-refractivity contribution is 14.1. The molecule has 0 spiro atoms. The lowest BCUT2D eigenvalue weighted by Crippen LogP contribution is -2.18. The van der Waals surface area contributed by atoms with Crippen molar-refractivity contribution >= 4 is 45.8 Å². The van der Waals surface area contributed by atoms with E-state index >= 15 is 0 Å². The fourth-order valence-electron chi connectivity index (χ4n) is 2.71. The lowest BCUT2D eigenvalue weighted by Gasteiger charge is -2.20. The Morgan fingerprint density at radius 1 is 1.24 bits per heavy atom.